The van der Waals surface area contributed by atoms with Crippen molar-refractivity contribution < 1.29 is 20.4 Å². The molecule has 0 fully saturated rings. The van der Waals surface area contributed by atoms with E-state index in [0.717, 1.165) is 5.56 Å². The molecule has 0 spiro atoms. The first-order chi connectivity index (χ1) is 7.06. The van der Waals surface area contributed by atoms with Crippen LogP contribution in [-0.2, 0) is 0 Å². The van der Waals surface area contributed by atoms with Gasteiger partial charge < -0.3 is 20.4 Å². The van der Waals surface area contributed by atoms with Crippen molar-refractivity contribution in [2.24, 2.45) is 0 Å². The van der Waals surface area contributed by atoms with Crippen LogP contribution in [0.25, 0.3) is 0 Å². The molecule has 1 aromatic carbocycles. The minimum atomic E-state index is -1.08. The molecule has 4 nitrogen and oxygen atoms in total. The molecule has 4 N–H and O–H groups in total. The fourth-order valence-electron chi connectivity index (χ4n) is 1.44. The lowest BCUT2D eigenvalue weighted by Gasteiger charge is -2.19. The van der Waals surface area contributed by atoms with E-state index in [4.69, 9.17) is 5.11 Å². The Bertz CT molecular complexity index is 324. The number of aliphatic hydroxyl groups excluding tert-OH is 3. The average Bonchev–Trinajstić information content (AvgIpc) is 2.21. The van der Waals surface area contributed by atoms with Crippen LogP contribution in [0.5, 0.6) is 5.75 Å². The van der Waals surface area contributed by atoms with E-state index in [0.29, 0.717) is 5.56 Å². The van der Waals surface area contributed by atoms with Crippen LogP contribution in [0.15, 0.2) is 18.2 Å². The van der Waals surface area contributed by atoms with Gasteiger partial charge in [0.25, 0.3) is 0 Å². The maximum Gasteiger partial charge on any atom is 0.115 e. The summed E-state index contributed by atoms with van der Waals surface area (Å²) >= 11 is 0. The van der Waals surface area contributed by atoms with E-state index < -0.39 is 12.2 Å². The molecule has 0 aliphatic carbocycles. The number of phenols is 1. The topological polar surface area (TPSA) is 80.9 Å². The van der Waals surface area contributed by atoms with Crippen LogP contribution < -0.4 is 0 Å². The van der Waals surface area contributed by atoms with Gasteiger partial charge in [0, 0.05) is 6.61 Å². The summed E-state index contributed by atoms with van der Waals surface area (Å²) < 4.78 is 0. The van der Waals surface area contributed by atoms with Gasteiger partial charge in [-0.3, -0.25) is 0 Å². The van der Waals surface area contributed by atoms with Gasteiger partial charge in [0.15, 0.2) is 0 Å². The van der Waals surface area contributed by atoms with Crippen molar-refractivity contribution in [1.29, 1.82) is 0 Å². The van der Waals surface area contributed by atoms with Gasteiger partial charge in [-0.2, -0.15) is 0 Å². The molecule has 0 amide bonds. The van der Waals surface area contributed by atoms with Crippen molar-refractivity contribution in [2.75, 3.05) is 6.61 Å². The fourth-order valence-corrected chi connectivity index (χ4v) is 1.44. The predicted molar refractivity (Wildman–Crippen MR) is 55.5 cm³/mol. The Morgan fingerprint density at radius 1 is 1.27 bits per heavy atom. The number of hydrogen-bond acceptors (Lipinski definition) is 4. The normalized spacial score (nSPS) is 14.9. The van der Waals surface area contributed by atoms with Gasteiger partial charge in [0.1, 0.15) is 11.9 Å². The van der Waals surface area contributed by atoms with Crippen molar-refractivity contribution in [2.45, 2.75) is 25.6 Å². The molecular weight excluding hydrogens is 196 g/mol. The van der Waals surface area contributed by atoms with Crippen molar-refractivity contribution in [1.82, 2.24) is 0 Å². The largest absolute Gasteiger partial charge is 0.508 e. The van der Waals surface area contributed by atoms with Crippen LogP contribution >= 0.6 is 0 Å². The second-order valence-corrected chi connectivity index (χ2v) is 3.57. The summed E-state index contributed by atoms with van der Waals surface area (Å²) in [6, 6.07) is 4.60. The Hall–Kier alpha value is -1.10. The van der Waals surface area contributed by atoms with Crippen molar-refractivity contribution in [3.63, 3.8) is 0 Å². The molecule has 2 unspecified atom stereocenters. The van der Waals surface area contributed by atoms with Crippen LogP contribution in [0.2, 0.25) is 0 Å². The summed E-state index contributed by atoms with van der Waals surface area (Å²) in [7, 11) is 0. The Labute approximate surface area is 88.4 Å². The van der Waals surface area contributed by atoms with Crippen molar-refractivity contribution >= 4 is 0 Å². The Kier molecular flexibility index (Phi) is 4.08. The fraction of sp³-hybridized carbons (Fsp3) is 0.455. The third-order valence-electron chi connectivity index (χ3n) is 2.37. The molecule has 0 aliphatic rings. The van der Waals surface area contributed by atoms with E-state index in [-0.39, 0.29) is 18.8 Å². The monoisotopic (exact) mass is 212 g/mol. The van der Waals surface area contributed by atoms with Crippen LogP contribution in [0, 0.1) is 6.92 Å². The standard InChI is InChI=1S/C11H16O4/c1-7-2-3-8(13)6-9(7)11(15)10(14)4-5-12/h2-3,6,10-15H,4-5H2,1H3. The zero-order valence-electron chi connectivity index (χ0n) is 8.59. The number of aryl methyl sites for hydroxylation is 1. The molecule has 1 aromatic rings. The summed E-state index contributed by atoms with van der Waals surface area (Å²) in [6.07, 6.45) is -1.99. The smallest absolute Gasteiger partial charge is 0.115 e. The quantitative estimate of drug-likeness (QED) is 0.585. The molecule has 2 atom stereocenters. The summed E-state index contributed by atoms with van der Waals surface area (Å²) in [4.78, 5) is 0. The van der Waals surface area contributed by atoms with Crippen LogP contribution in [0.4, 0.5) is 0 Å². The molecule has 0 saturated heterocycles. The van der Waals surface area contributed by atoms with Gasteiger partial charge >= 0.3 is 0 Å². The first kappa shape index (κ1) is 12.0. The molecule has 0 saturated carbocycles. The van der Waals surface area contributed by atoms with Gasteiger partial charge in [-0.1, -0.05) is 6.07 Å². The van der Waals surface area contributed by atoms with Crippen LogP contribution in [0.3, 0.4) is 0 Å². The highest BCUT2D eigenvalue weighted by molar-refractivity contribution is 5.35. The number of aliphatic hydroxyl groups is 3. The molecular formula is C11H16O4. The number of rotatable bonds is 4. The minimum absolute atomic E-state index is 0.0471. The number of benzene rings is 1. The second kappa shape index (κ2) is 5.11. The van der Waals surface area contributed by atoms with E-state index in [1.807, 2.05) is 0 Å². The maximum absolute atomic E-state index is 9.75. The number of aromatic hydroxyl groups is 1. The third kappa shape index (κ3) is 2.92. The molecule has 0 heterocycles. The molecule has 0 aliphatic heterocycles. The maximum atomic E-state index is 9.75. The SMILES string of the molecule is Cc1ccc(O)cc1C(O)C(O)CCO. The highest BCUT2D eigenvalue weighted by atomic mass is 16.3. The zero-order chi connectivity index (χ0) is 11.4. The van der Waals surface area contributed by atoms with Crippen molar-refractivity contribution in [3.8, 4) is 5.75 Å². The van der Waals surface area contributed by atoms with E-state index >= 15 is 0 Å². The van der Waals surface area contributed by atoms with E-state index in [1.54, 1.807) is 13.0 Å². The van der Waals surface area contributed by atoms with E-state index in [1.165, 1.54) is 12.1 Å². The van der Waals surface area contributed by atoms with Crippen LogP contribution in [0.1, 0.15) is 23.7 Å². The first-order valence-corrected chi connectivity index (χ1v) is 4.82. The molecule has 0 bridgehead atoms. The van der Waals surface area contributed by atoms with Crippen molar-refractivity contribution in [3.05, 3.63) is 29.3 Å². The molecule has 15 heavy (non-hydrogen) atoms. The molecule has 4 heteroatoms. The summed E-state index contributed by atoms with van der Waals surface area (Å²) in [5.74, 6) is 0.0471. The molecule has 0 aromatic heterocycles. The first-order valence-electron chi connectivity index (χ1n) is 4.82. The lowest BCUT2D eigenvalue weighted by molar-refractivity contribution is 0.00380. The Morgan fingerprint density at radius 3 is 2.53 bits per heavy atom. The Balaban J connectivity index is 2.89. The summed E-state index contributed by atoms with van der Waals surface area (Å²) in [6.45, 7) is 1.60. The van der Waals surface area contributed by atoms with Gasteiger partial charge in [-0.15, -0.1) is 0 Å². The van der Waals surface area contributed by atoms with E-state index in [9.17, 15) is 15.3 Å². The predicted octanol–water partition coefficient (Wildman–Crippen LogP) is 0.477. The number of phenolic OH excluding ortho intramolecular Hbond substituents is 1. The molecule has 84 valence electrons. The number of hydrogen-bond donors (Lipinski definition) is 4. The average molecular weight is 212 g/mol. The lowest BCUT2D eigenvalue weighted by Crippen LogP contribution is -2.20. The van der Waals surface area contributed by atoms with E-state index in [2.05, 4.69) is 0 Å². The molecule has 0 radical (unpaired) electrons. The zero-order valence-corrected chi connectivity index (χ0v) is 8.59. The minimum Gasteiger partial charge on any atom is -0.508 e. The van der Waals surface area contributed by atoms with Gasteiger partial charge in [-0.05, 0) is 36.6 Å². The van der Waals surface area contributed by atoms with Gasteiger partial charge in [0.2, 0.25) is 0 Å². The second-order valence-electron chi connectivity index (χ2n) is 3.57. The molecule has 1 rings (SSSR count). The van der Waals surface area contributed by atoms with Gasteiger partial charge in [-0.25, -0.2) is 0 Å². The van der Waals surface area contributed by atoms with Crippen LogP contribution in [-0.4, -0.2) is 33.1 Å². The highest BCUT2D eigenvalue weighted by Crippen LogP contribution is 2.25. The lowest BCUT2D eigenvalue weighted by atomic mass is 9.98. The summed E-state index contributed by atoms with van der Waals surface area (Å²) in [5.41, 5.74) is 1.27. The summed E-state index contributed by atoms with van der Waals surface area (Å²) in [5, 5.41) is 37.1. The highest BCUT2D eigenvalue weighted by Gasteiger charge is 2.19. The third-order valence-corrected chi connectivity index (χ3v) is 2.37. The van der Waals surface area contributed by atoms with Gasteiger partial charge in [0.05, 0.1) is 6.10 Å². The Morgan fingerprint density at radius 2 is 1.93 bits per heavy atom.